The third-order valence-electron chi connectivity index (χ3n) is 2.23. The number of carboxylic acids is 1. The number of benzene rings is 1. The first-order valence-electron chi connectivity index (χ1n) is 4.66. The summed E-state index contributed by atoms with van der Waals surface area (Å²) in [7, 11) is 0. The number of aliphatic hydroxyl groups excluding tert-OH is 1. The van der Waals surface area contributed by atoms with E-state index in [0.29, 0.717) is 16.3 Å². The summed E-state index contributed by atoms with van der Waals surface area (Å²) in [6.07, 6.45) is 0.286. The van der Waals surface area contributed by atoms with Gasteiger partial charge in [-0.05, 0) is 79.8 Å². The first-order chi connectivity index (χ1) is 8.32. The second-order valence-electron chi connectivity index (χ2n) is 3.31. The lowest BCUT2D eigenvalue weighted by Gasteiger charge is -2.15. The quantitative estimate of drug-likeness (QED) is 0.469. The van der Waals surface area contributed by atoms with E-state index in [0.717, 1.165) is 0 Å². The van der Waals surface area contributed by atoms with Gasteiger partial charge in [0, 0.05) is 17.3 Å². The number of carbonyl (C=O) groups excluding carboxylic acids is 1. The predicted octanol–water partition coefficient (Wildman–Crippen LogP) is 1.83. The van der Waals surface area contributed by atoms with Gasteiger partial charge in [0.1, 0.15) is 0 Å². The van der Waals surface area contributed by atoms with Crippen LogP contribution in [-0.2, 0) is 6.42 Å². The molecule has 0 aliphatic heterocycles. The highest BCUT2D eigenvalue weighted by molar-refractivity contribution is 14.1. The van der Waals surface area contributed by atoms with E-state index in [1.807, 2.05) is 67.8 Å². The summed E-state index contributed by atoms with van der Waals surface area (Å²) in [5.74, 6) is -1.77. The largest absolute Gasteiger partial charge is 0.478 e. The lowest BCUT2D eigenvalue weighted by atomic mass is 10.0. The minimum absolute atomic E-state index is 0.0638. The van der Waals surface area contributed by atoms with Crippen molar-refractivity contribution in [2.45, 2.75) is 6.42 Å². The molecule has 98 valence electrons. The molecule has 0 heterocycles. The van der Waals surface area contributed by atoms with E-state index >= 15 is 0 Å². The van der Waals surface area contributed by atoms with Crippen molar-refractivity contribution in [3.05, 3.63) is 27.4 Å². The number of hydrogen-bond donors (Lipinski definition) is 3. The SMILES string of the molecule is NC(=O)c1c(I)c(CCO)c(I)c(C(=O)O)c1I. The van der Waals surface area contributed by atoms with Gasteiger partial charge in [0.2, 0.25) is 0 Å². The van der Waals surface area contributed by atoms with Gasteiger partial charge in [-0.2, -0.15) is 0 Å². The first kappa shape index (κ1) is 16.4. The van der Waals surface area contributed by atoms with Gasteiger partial charge in [-0.3, -0.25) is 4.79 Å². The van der Waals surface area contributed by atoms with Crippen LogP contribution in [0.4, 0.5) is 0 Å². The maximum atomic E-state index is 11.4. The Balaban J connectivity index is 3.75. The van der Waals surface area contributed by atoms with E-state index in [9.17, 15) is 14.7 Å². The number of aromatic carboxylic acids is 1. The summed E-state index contributed by atoms with van der Waals surface area (Å²) < 4.78 is 1.48. The number of halogens is 3. The number of hydrogen-bond acceptors (Lipinski definition) is 3. The third-order valence-corrected chi connectivity index (χ3v) is 5.69. The second kappa shape index (κ2) is 6.65. The number of carbonyl (C=O) groups is 2. The van der Waals surface area contributed by atoms with Crippen LogP contribution in [0.5, 0.6) is 0 Å². The molecule has 0 saturated carbocycles. The van der Waals surface area contributed by atoms with E-state index < -0.39 is 11.9 Å². The van der Waals surface area contributed by atoms with Gasteiger partial charge in [-0.15, -0.1) is 0 Å². The molecule has 1 aromatic carbocycles. The van der Waals surface area contributed by atoms with Crippen LogP contribution >= 0.6 is 67.8 Å². The van der Waals surface area contributed by atoms with Crippen molar-refractivity contribution in [1.29, 1.82) is 0 Å². The van der Waals surface area contributed by atoms with Crippen LogP contribution in [0.1, 0.15) is 26.3 Å². The fourth-order valence-corrected chi connectivity index (χ4v) is 6.15. The second-order valence-corrected chi connectivity index (χ2v) is 6.55. The van der Waals surface area contributed by atoms with Crippen LogP contribution in [0.3, 0.4) is 0 Å². The number of carboxylic acid groups (broad SMARTS) is 1. The summed E-state index contributed by atoms with van der Waals surface area (Å²) in [4.78, 5) is 22.7. The number of amides is 1. The summed E-state index contributed by atoms with van der Waals surface area (Å²) in [6.45, 7) is -0.121. The minimum Gasteiger partial charge on any atom is -0.478 e. The Morgan fingerprint density at radius 1 is 1.06 bits per heavy atom. The summed E-state index contributed by atoms with van der Waals surface area (Å²) in [5, 5.41) is 18.2. The molecule has 1 aromatic rings. The van der Waals surface area contributed by atoms with Gasteiger partial charge < -0.3 is 15.9 Å². The molecule has 0 spiro atoms. The molecule has 0 saturated heterocycles. The molecule has 0 radical (unpaired) electrons. The Morgan fingerprint density at radius 2 is 1.56 bits per heavy atom. The Morgan fingerprint density at radius 3 is 1.94 bits per heavy atom. The highest BCUT2D eigenvalue weighted by Crippen LogP contribution is 2.32. The molecule has 0 bridgehead atoms. The Kier molecular flexibility index (Phi) is 6.05. The Labute approximate surface area is 144 Å². The van der Waals surface area contributed by atoms with Crippen LogP contribution < -0.4 is 5.73 Å². The Bertz CT molecular complexity index is 489. The van der Waals surface area contributed by atoms with Crippen molar-refractivity contribution >= 4 is 79.6 Å². The molecule has 0 atom stereocenters. The zero-order chi connectivity index (χ0) is 14.0. The lowest BCUT2D eigenvalue weighted by Crippen LogP contribution is -2.20. The molecular weight excluding hydrogens is 579 g/mol. The van der Waals surface area contributed by atoms with E-state index in [2.05, 4.69) is 0 Å². The van der Waals surface area contributed by atoms with Crippen LogP contribution in [-0.4, -0.2) is 28.7 Å². The van der Waals surface area contributed by atoms with E-state index in [1.165, 1.54) is 0 Å². The van der Waals surface area contributed by atoms with Gasteiger partial charge in [0.05, 0.1) is 11.1 Å². The normalized spacial score (nSPS) is 10.4. The molecule has 1 rings (SSSR count). The van der Waals surface area contributed by atoms with Gasteiger partial charge in [-0.1, -0.05) is 0 Å². The molecule has 0 unspecified atom stereocenters. The molecule has 18 heavy (non-hydrogen) atoms. The van der Waals surface area contributed by atoms with Crippen molar-refractivity contribution < 1.29 is 19.8 Å². The van der Waals surface area contributed by atoms with Crippen molar-refractivity contribution in [3.8, 4) is 0 Å². The van der Waals surface area contributed by atoms with E-state index in [-0.39, 0.29) is 24.2 Å². The van der Waals surface area contributed by atoms with Crippen molar-refractivity contribution in [1.82, 2.24) is 0 Å². The van der Waals surface area contributed by atoms with Gasteiger partial charge >= 0.3 is 5.97 Å². The third kappa shape index (κ3) is 3.07. The fourth-order valence-electron chi connectivity index (χ4n) is 1.45. The van der Waals surface area contributed by atoms with Gasteiger partial charge in [0.25, 0.3) is 5.91 Å². The number of aliphatic hydroxyl groups is 1. The molecule has 0 aliphatic rings. The average molecular weight is 587 g/mol. The summed E-state index contributed by atoms with van der Waals surface area (Å²) in [6, 6.07) is 0. The zero-order valence-electron chi connectivity index (χ0n) is 8.84. The smallest absolute Gasteiger partial charge is 0.337 e. The van der Waals surface area contributed by atoms with Crippen LogP contribution in [0.2, 0.25) is 0 Å². The maximum absolute atomic E-state index is 11.4. The number of nitrogens with two attached hydrogens (primary N) is 1. The van der Waals surface area contributed by atoms with Crippen LogP contribution in [0, 0.1) is 10.7 Å². The van der Waals surface area contributed by atoms with E-state index in [4.69, 9.17) is 10.8 Å². The van der Waals surface area contributed by atoms with Crippen LogP contribution in [0.15, 0.2) is 0 Å². The molecule has 0 aromatic heterocycles. The molecular formula is C10H8I3NO4. The van der Waals surface area contributed by atoms with Crippen molar-refractivity contribution in [2.75, 3.05) is 6.61 Å². The highest BCUT2D eigenvalue weighted by Gasteiger charge is 2.25. The monoisotopic (exact) mass is 587 g/mol. The van der Waals surface area contributed by atoms with Crippen molar-refractivity contribution in [3.63, 3.8) is 0 Å². The molecule has 0 fully saturated rings. The predicted molar refractivity (Wildman–Crippen MR) is 90.9 cm³/mol. The first-order valence-corrected chi connectivity index (χ1v) is 7.89. The topological polar surface area (TPSA) is 101 Å². The van der Waals surface area contributed by atoms with Crippen LogP contribution in [0.25, 0.3) is 0 Å². The summed E-state index contributed by atoms with van der Waals surface area (Å²) in [5.41, 5.74) is 6.21. The van der Waals surface area contributed by atoms with E-state index in [1.54, 1.807) is 0 Å². The summed E-state index contributed by atoms with van der Waals surface area (Å²) >= 11 is 5.69. The average Bonchev–Trinajstić information content (AvgIpc) is 2.23. The van der Waals surface area contributed by atoms with Gasteiger partial charge in [0.15, 0.2) is 0 Å². The number of primary amides is 1. The minimum atomic E-state index is -1.11. The zero-order valence-corrected chi connectivity index (χ0v) is 15.3. The molecule has 8 heteroatoms. The van der Waals surface area contributed by atoms with Gasteiger partial charge in [-0.25, -0.2) is 4.79 Å². The standard InChI is InChI=1S/C10H8I3NO4/c11-6-3(1-2-15)7(12)5(10(17)18)8(13)4(6)9(14)16/h15H,1-2H2,(H2,14,16)(H,17,18). The molecule has 4 N–H and O–H groups in total. The maximum Gasteiger partial charge on any atom is 0.337 e. The molecule has 0 aliphatic carbocycles. The highest BCUT2D eigenvalue weighted by atomic mass is 127. The van der Waals surface area contributed by atoms with Crippen molar-refractivity contribution in [2.24, 2.45) is 5.73 Å². The molecule has 5 nitrogen and oxygen atoms in total. The number of rotatable bonds is 4. The Hall–Kier alpha value is 0.310. The molecule has 1 amide bonds. The fraction of sp³-hybridized carbons (Fsp3) is 0.200. The lowest BCUT2D eigenvalue weighted by molar-refractivity contribution is 0.0694.